The Bertz CT molecular complexity index is 1120. The standard InChI is InChI=1S/C22H25N5O4/c1-30-18-10-6-15(7-11-18)20-25-26(22(29)27(20)17-8-9-17)13-12-23-21(28)24-16-4-3-5-19(14-16)31-2/h3-7,10-11,14,17H,8-9,12-13H2,1-2H3,(H2,23,24,28). The topological polar surface area (TPSA) is 99.4 Å². The molecule has 1 aliphatic carbocycles. The van der Waals surface area contributed by atoms with Gasteiger partial charge in [-0.15, -0.1) is 5.10 Å². The summed E-state index contributed by atoms with van der Waals surface area (Å²) < 4.78 is 13.5. The van der Waals surface area contributed by atoms with E-state index in [1.165, 1.54) is 4.68 Å². The number of amides is 2. The first-order chi connectivity index (χ1) is 15.1. The minimum Gasteiger partial charge on any atom is -0.497 e. The Hall–Kier alpha value is -3.75. The summed E-state index contributed by atoms with van der Waals surface area (Å²) in [6, 6.07) is 14.4. The highest BCUT2D eigenvalue weighted by atomic mass is 16.5. The number of hydrogen-bond acceptors (Lipinski definition) is 5. The Morgan fingerprint density at radius 2 is 1.84 bits per heavy atom. The van der Waals surface area contributed by atoms with Gasteiger partial charge in [-0.3, -0.25) is 4.57 Å². The molecule has 0 atom stereocenters. The number of carbonyl (C=O) groups excluding carboxylic acids is 1. The molecule has 0 aliphatic heterocycles. The van der Waals surface area contributed by atoms with Crippen LogP contribution in [0.2, 0.25) is 0 Å². The van der Waals surface area contributed by atoms with Crippen LogP contribution in [-0.2, 0) is 6.54 Å². The maximum atomic E-state index is 12.9. The molecule has 1 heterocycles. The third-order valence-corrected chi connectivity index (χ3v) is 5.07. The maximum Gasteiger partial charge on any atom is 0.346 e. The fourth-order valence-corrected chi connectivity index (χ4v) is 3.32. The van der Waals surface area contributed by atoms with Crippen LogP contribution in [0.4, 0.5) is 10.5 Å². The second-order valence-electron chi connectivity index (χ2n) is 7.27. The number of ether oxygens (including phenoxy) is 2. The molecular weight excluding hydrogens is 398 g/mol. The molecule has 2 amide bonds. The van der Waals surface area contributed by atoms with E-state index in [1.807, 2.05) is 24.3 Å². The second-order valence-corrected chi connectivity index (χ2v) is 7.27. The molecule has 4 rings (SSSR count). The van der Waals surface area contributed by atoms with E-state index in [2.05, 4.69) is 15.7 Å². The van der Waals surface area contributed by atoms with Crippen molar-refractivity contribution >= 4 is 11.7 Å². The first-order valence-electron chi connectivity index (χ1n) is 10.1. The third-order valence-electron chi connectivity index (χ3n) is 5.07. The highest BCUT2D eigenvalue weighted by Crippen LogP contribution is 2.36. The van der Waals surface area contributed by atoms with Gasteiger partial charge >= 0.3 is 11.7 Å². The average Bonchev–Trinajstić information content (AvgIpc) is 3.57. The molecule has 0 bridgehead atoms. The summed E-state index contributed by atoms with van der Waals surface area (Å²) in [5, 5.41) is 10.0. The number of aromatic nitrogens is 3. The van der Waals surface area contributed by atoms with Crippen molar-refractivity contribution in [2.24, 2.45) is 0 Å². The number of hydrogen-bond donors (Lipinski definition) is 2. The van der Waals surface area contributed by atoms with E-state index in [4.69, 9.17) is 9.47 Å². The van der Waals surface area contributed by atoms with Crippen LogP contribution >= 0.6 is 0 Å². The molecule has 162 valence electrons. The molecule has 31 heavy (non-hydrogen) atoms. The molecule has 0 unspecified atom stereocenters. The monoisotopic (exact) mass is 423 g/mol. The lowest BCUT2D eigenvalue weighted by atomic mass is 10.2. The molecule has 0 saturated heterocycles. The Morgan fingerprint density at radius 1 is 1.10 bits per heavy atom. The van der Waals surface area contributed by atoms with Gasteiger partial charge in [-0.25, -0.2) is 14.3 Å². The summed E-state index contributed by atoms with van der Waals surface area (Å²) in [5.74, 6) is 2.03. The van der Waals surface area contributed by atoms with Gasteiger partial charge in [0.15, 0.2) is 5.82 Å². The molecule has 2 aromatic carbocycles. The van der Waals surface area contributed by atoms with E-state index in [-0.39, 0.29) is 30.9 Å². The van der Waals surface area contributed by atoms with Crippen LogP contribution in [0.5, 0.6) is 11.5 Å². The minimum atomic E-state index is -0.363. The number of carbonyl (C=O) groups is 1. The number of rotatable bonds is 8. The predicted octanol–water partition coefficient (Wildman–Crippen LogP) is 2.89. The average molecular weight is 423 g/mol. The van der Waals surface area contributed by atoms with Gasteiger partial charge in [0.1, 0.15) is 11.5 Å². The van der Waals surface area contributed by atoms with Crippen molar-refractivity contribution in [2.75, 3.05) is 26.1 Å². The molecular formula is C22H25N5O4. The van der Waals surface area contributed by atoms with Gasteiger partial charge in [0.25, 0.3) is 0 Å². The Morgan fingerprint density at radius 3 is 2.52 bits per heavy atom. The second kappa shape index (κ2) is 8.95. The zero-order valence-electron chi connectivity index (χ0n) is 17.5. The van der Waals surface area contributed by atoms with Crippen molar-refractivity contribution < 1.29 is 14.3 Å². The number of anilines is 1. The van der Waals surface area contributed by atoms with Gasteiger partial charge in [0.05, 0.1) is 20.8 Å². The number of nitrogens with zero attached hydrogens (tertiary/aromatic N) is 3. The molecule has 2 N–H and O–H groups in total. The van der Waals surface area contributed by atoms with Gasteiger partial charge in [0, 0.05) is 29.9 Å². The van der Waals surface area contributed by atoms with Gasteiger partial charge in [-0.05, 0) is 49.2 Å². The molecule has 0 spiro atoms. The molecule has 1 fully saturated rings. The summed E-state index contributed by atoms with van der Waals surface area (Å²) in [4.78, 5) is 25.1. The molecule has 3 aromatic rings. The van der Waals surface area contributed by atoms with Crippen molar-refractivity contribution in [2.45, 2.75) is 25.4 Å². The lowest BCUT2D eigenvalue weighted by Crippen LogP contribution is -2.34. The van der Waals surface area contributed by atoms with Crippen LogP contribution in [0, 0.1) is 0 Å². The van der Waals surface area contributed by atoms with Crippen molar-refractivity contribution in [3.05, 3.63) is 59.0 Å². The van der Waals surface area contributed by atoms with E-state index in [0.29, 0.717) is 17.3 Å². The van der Waals surface area contributed by atoms with E-state index >= 15 is 0 Å². The normalized spacial score (nSPS) is 13.0. The zero-order chi connectivity index (χ0) is 21.8. The zero-order valence-corrected chi connectivity index (χ0v) is 17.5. The smallest absolute Gasteiger partial charge is 0.346 e. The quantitative estimate of drug-likeness (QED) is 0.580. The van der Waals surface area contributed by atoms with Crippen molar-refractivity contribution in [1.29, 1.82) is 0 Å². The molecule has 1 aromatic heterocycles. The van der Waals surface area contributed by atoms with E-state index in [1.54, 1.807) is 43.1 Å². The summed E-state index contributed by atoms with van der Waals surface area (Å²) >= 11 is 0. The van der Waals surface area contributed by atoms with Gasteiger partial charge in [-0.1, -0.05) is 6.07 Å². The summed E-state index contributed by atoms with van der Waals surface area (Å²) in [5.41, 5.74) is 1.31. The summed E-state index contributed by atoms with van der Waals surface area (Å²) in [6.45, 7) is 0.534. The highest BCUT2D eigenvalue weighted by molar-refractivity contribution is 5.89. The molecule has 9 heteroatoms. The van der Waals surface area contributed by atoms with Crippen LogP contribution in [0.3, 0.4) is 0 Å². The van der Waals surface area contributed by atoms with Gasteiger partial charge in [0.2, 0.25) is 0 Å². The first-order valence-corrected chi connectivity index (χ1v) is 10.1. The Kier molecular flexibility index (Phi) is 5.92. The largest absolute Gasteiger partial charge is 0.497 e. The van der Waals surface area contributed by atoms with Gasteiger partial charge < -0.3 is 20.1 Å². The van der Waals surface area contributed by atoms with E-state index < -0.39 is 0 Å². The van der Waals surface area contributed by atoms with Crippen LogP contribution in [-0.4, -0.2) is 41.1 Å². The number of urea groups is 1. The first kappa shape index (κ1) is 20.5. The maximum absolute atomic E-state index is 12.9. The lowest BCUT2D eigenvalue weighted by molar-refractivity contribution is 0.251. The molecule has 0 radical (unpaired) electrons. The molecule has 1 aliphatic rings. The molecule has 9 nitrogen and oxygen atoms in total. The summed E-state index contributed by atoms with van der Waals surface area (Å²) in [7, 11) is 3.18. The van der Waals surface area contributed by atoms with Crippen molar-refractivity contribution in [3.8, 4) is 22.9 Å². The van der Waals surface area contributed by atoms with Crippen LogP contribution in [0.15, 0.2) is 53.3 Å². The Balaban J connectivity index is 1.42. The lowest BCUT2D eigenvalue weighted by Gasteiger charge is -2.08. The highest BCUT2D eigenvalue weighted by Gasteiger charge is 2.30. The predicted molar refractivity (Wildman–Crippen MR) is 117 cm³/mol. The fraction of sp³-hybridized carbons (Fsp3) is 0.318. The van der Waals surface area contributed by atoms with Crippen LogP contribution in [0.25, 0.3) is 11.4 Å². The summed E-state index contributed by atoms with van der Waals surface area (Å²) in [6.07, 6.45) is 1.94. The minimum absolute atomic E-state index is 0.164. The number of nitrogens with one attached hydrogen (secondary N) is 2. The molecule has 1 saturated carbocycles. The number of benzene rings is 2. The van der Waals surface area contributed by atoms with Crippen molar-refractivity contribution in [3.63, 3.8) is 0 Å². The van der Waals surface area contributed by atoms with Crippen molar-refractivity contribution in [1.82, 2.24) is 19.7 Å². The van der Waals surface area contributed by atoms with Crippen LogP contribution < -0.4 is 25.8 Å². The van der Waals surface area contributed by atoms with E-state index in [9.17, 15) is 9.59 Å². The van der Waals surface area contributed by atoms with E-state index in [0.717, 1.165) is 24.2 Å². The van der Waals surface area contributed by atoms with Crippen LogP contribution in [0.1, 0.15) is 18.9 Å². The third kappa shape index (κ3) is 4.71. The fourth-order valence-electron chi connectivity index (χ4n) is 3.32. The Labute approximate surface area is 179 Å². The van der Waals surface area contributed by atoms with Gasteiger partial charge in [-0.2, -0.15) is 0 Å². The SMILES string of the molecule is COc1ccc(-c2nn(CCNC(=O)Nc3cccc(OC)c3)c(=O)n2C2CC2)cc1. The number of methoxy groups -OCH3 is 2.